The Hall–Kier alpha value is -2.68. The molecule has 0 heterocycles. The van der Waals surface area contributed by atoms with E-state index in [-0.39, 0.29) is 38.0 Å². The third kappa shape index (κ3) is 24.4. The summed E-state index contributed by atoms with van der Waals surface area (Å²) in [6.45, 7) is 4.44. The molecular weight excluding hydrogens is 900 g/mol. The van der Waals surface area contributed by atoms with Crippen LogP contribution in [0.15, 0.2) is 117 Å². The molecular formula is C48H62Cl2N2O6S4. The van der Waals surface area contributed by atoms with Gasteiger partial charge in [0.25, 0.3) is 0 Å². The number of carbonyl (C=O) groups excluding carboxylic acids is 2. The summed E-state index contributed by atoms with van der Waals surface area (Å²) in [5.41, 5.74) is 0. The highest BCUT2D eigenvalue weighted by Gasteiger charge is 2.10. The molecule has 0 aliphatic rings. The molecule has 0 fully saturated rings. The fraction of sp³-hybridized carbons (Fsp3) is 0.458. The highest BCUT2D eigenvalue weighted by Crippen LogP contribution is 2.36. The second kappa shape index (κ2) is 33.8. The fourth-order valence-corrected chi connectivity index (χ4v) is 9.74. The number of hydrogen-bond donors (Lipinski definition) is 2. The summed E-state index contributed by atoms with van der Waals surface area (Å²) in [5.74, 6) is 5.54. The monoisotopic (exact) mass is 960 g/mol. The van der Waals surface area contributed by atoms with Crippen LogP contribution >= 0.6 is 70.2 Å². The van der Waals surface area contributed by atoms with Gasteiger partial charge in [-0.25, -0.2) is 0 Å². The number of para-hydroxylation sites is 2. The number of nitrogens with one attached hydrogen (secondary N) is 2. The lowest BCUT2D eigenvalue weighted by atomic mass is 10.1. The van der Waals surface area contributed by atoms with Crippen molar-refractivity contribution in [3.8, 4) is 11.5 Å². The Labute approximate surface area is 396 Å². The third-order valence-corrected chi connectivity index (χ3v) is 13.9. The van der Waals surface area contributed by atoms with Gasteiger partial charge in [0.05, 0.1) is 35.8 Å². The Morgan fingerprint density at radius 1 is 0.452 bits per heavy atom. The Bertz CT molecular complexity index is 1680. The van der Waals surface area contributed by atoms with Crippen molar-refractivity contribution in [1.82, 2.24) is 10.6 Å². The Morgan fingerprint density at radius 3 is 1.26 bits per heavy atom. The van der Waals surface area contributed by atoms with E-state index < -0.39 is 0 Å². The Morgan fingerprint density at radius 2 is 0.839 bits per heavy atom. The van der Waals surface area contributed by atoms with Crippen molar-refractivity contribution >= 4 is 82.2 Å². The first-order chi connectivity index (χ1) is 30.5. The fourth-order valence-electron chi connectivity index (χ4n) is 5.89. The Kier molecular flexibility index (Phi) is 28.3. The highest BCUT2D eigenvalue weighted by atomic mass is 35.5. The van der Waals surface area contributed by atoms with E-state index in [0.29, 0.717) is 36.3 Å². The number of rotatable bonds is 35. The van der Waals surface area contributed by atoms with Crippen molar-refractivity contribution in [3.63, 3.8) is 0 Å². The van der Waals surface area contributed by atoms with E-state index in [1.807, 2.05) is 121 Å². The van der Waals surface area contributed by atoms with Gasteiger partial charge in [-0.05, 0) is 97.1 Å². The van der Waals surface area contributed by atoms with E-state index in [4.69, 9.17) is 42.1 Å². The topological polar surface area (TPSA) is 95.1 Å². The average Bonchev–Trinajstić information content (AvgIpc) is 3.28. The number of esters is 2. The standard InChI is InChI=1S/C48H62Cl2N2O6S4/c49-39-17-21-41(22-18-39)61-45-15-9-7-13-43(45)55-31-25-47(53)57-33-27-51-29-37-59-35-11-5-3-1-2-4-6-12-36-60-38-30-52-28-34-58-48(54)26-32-56-44-14-8-10-16-46(44)62-42-23-19-40(50)20-24-42/h7-10,13-24,51-52H,1-6,11-12,25-38H2. The van der Waals surface area contributed by atoms with Gasteiger partial charge in [-0.1, -0.05) is 110 Å². The summed E-state index contributed by atoms with van der Waals surface area (Å²) in [7, 11) is 0. The van der Waals surface area contributed by atoms with E-state index in [1.165, 1.54) is 62.9 Å². The van der Waals surface area contributed by atoms with Crippen molar-refractivity contribution in [2.75, 3.05) is 75.6 Å². The molecule has 0 saturated heterocycles. The summed E-state index contributed by atoms with van der Waals surface area (Å²) in [6, 6.07) is 31.0. The maximum atomic E-state index is 12.2. The molecule has 4 aromatic rings. The van der Waals surface area contributed by atoms with E-state index in [9.17, 15) is 9.59 Å². The zero-order valence-corrected chi connectivity index (χ0v) is 40.4. The number of unbranched alkanes of at least 4 members (excludes halogenated alkanes) is 7. The maximum absolute atomic E-state index is 12.2. The van der Waals surface area contributed by atoms with Crippen LogP contribution in [0.1, 0.15) is 64.2 Å². The van der Waals surface area contributed by atoms with E-state index in [0.717, 1.165) is 55.7 Å². The first-order valence-electron chi connectivity index (χ1n) is 21.6. The minimum atomic E-state index is -0.248. The van der Waals surface area contributed by atoms with Crippen LogP contribution in [0.25, 0.3) is 0 Å². The number of thioether (sulfide) groups is 2. The van der Waals surface area contributed by atoms with Crippen LogP contribution in [0.4, 0.5) is 0 Å². The second-order valence-corrected chi connectivity index (χ2v) is 19.7. The second-order valence-electron chi connectivity index (χ2n) is 14.2. The zero-order valence-electron chi connectivity index (χ0n) is 35.6. The maximum Gasteiger partial charge on any atom is 0.309 e. The van der Waals surface area contributed by atoms with Gasteiger partial charge in [-0.15, -0.1) is 0 Å². The van der Waals surface area contributed by atoms with Crippen LogP contribution in [0.2, 0.25) is 10.0 Å². The molecule has 0 radical (unpaired) electrons. The summed E-state index contributed by atoms with van der Waals surface area (Å²) in [6.07, 6.45) is 10.9. The largest absolute Gasteiger partial charge is 0.492 e. The van der Waals surface area contributed by atoms with Gasteiger partial charge in [-0.3, -0.25) is 9.59 Å². The molecule has 2 N–H and O–H groups in total. The molecule has 14 heteroatoms. The predicted octanol–water partition coefficient (Wildman–Crippen LogP) is 12.4. The van der Waals surface area contributed by atoms with Crippen LogP contribution < -0.4 is 20.1 Å². The normalized spacial score (nSPS) is 11.1. The molecule has 0 spiro atoms. The average molecular weight is 962 g/mol. The number of halogens is 2. The van der Waals surface area contributed by atoms with Crippen LogP contribution in [0.3, 0.4) is 0 Å². The molecule has 0 amide bonds. The van der Waals surface area contributed by atoms with Crippen molar-refractivity contribution in [2.24, 2.45) is 0 Å². The van der Waals surface area contributed by atoms with E-state index >= 15 is 0 Å². The molecule has 0 saturated carbocycles. The van der Waals surface area contributed by atoms with Crippen LogP contribution in [0.5, 0.6) is 11.5 Å². The molecule has 0 aliphatic carbocycles. The molecule has 62 heavy (non-hydrogen) atoms. The van der Waals surface area contributed by atoms with Gasteiger partial charge in [0, 0.05) is 57.5 Å². The van der Waals surface area contributed by atoms with Crippen LogP contribution in [-0.4, -0.2) is 87.6 Å². The lowest BCUT2D eigenvalue weighted by Gasteiger charge is -2.11. The van der Waals surface area contributed by atoms with Crippen LogP contribution in [0, 0.1) is 0 Å². The van der Waals surface area contributed by atoms with Gasteiger partial charge in [0.2, 0.25) is 0 Å². The summed E-state index contributed by atoms with van der Waals surface area (Å²) in [4.78, 5) is 28.5. The highest BCUT2D eigenvalue weighted by molar-refractivity contribution is 8.00. The minimum Gasteiger partial charge on any atom is -0.492 e. The molecule has 0 unspecified atom stereocenters. The predicted molar refractivity (Wildman–Crippen MR) is 264 cm³/mol. The minimum absolute atomic E-state index is 0.211. The van der Waals surface area contributed by atoms with Gasteiger partial charge in [-0.2, -0.15) is 23.5 Å². The SMILES string of the molecule is O=C(CCOc1ccccc1Sc1ccc(Cl)cc1)OCCNCCSCCCCCCCCCCSCCNCCOC(=O)CCOc1ccccc1Sc1ccc(Cl)cc1. The molecule has 8 nitrogen and oxygen atoms in total. The quantitative estimate of drug-likeness (QED) is 0.0340. The van der Waals surface area contributed by atoms with Gasteiger partial charge in [0.15, 0.2) is 0 Å². The van der Waals surface area contributed by atoms with E-state index in [1.54, 1.807) is 23.5 Å². The lowest BCUT2D eigenvalue weighted by Crippen LogP contribution is -2.24. The van der Waals surface area contributed by atoms with Crippen molar-refractivity contribution in [2.45, 2.75) is 83.8 Å². The van der Waals surface area contributed by atoms with Gasteiger partial charge < -0.3 is 29.6 Å². The number of hydrogen-bond acceptors (Lipinski definition) is 12. The molecule has 0 atom stereocenters. The number of ether oxygens (including phenoxy) is 4. The van der Waals surface area contributed by atoms with Crippen molar-refractivity contribution in [1.29, 1.82) is 0 Å². The van der Waals surface area contributed by atoms with Crippen molar-refractivity contribution < 1.29 is 28.5 Å². The summed E-state index contributed by atoms with van der Waals surface area (Å²) < 4.78 is 22.5. The third-order valence-electron chi connectivity index (χ3n) is 9.17. The molecule has 4 rings (SSSR count). The van der Waals surface area contributed by atoms with Crippen molar-refractivity contribution in [3.05, 3.63) is 107 Å². The van der Waals surface area contributed by atoms with Gasteiger partial charge in [0.1, 0.15) is 24.7 Å². The zero-order chi connectivity index (χ0) is 43.7. The Balaban J connectivity index is 0.827. The lowest BCUT2D eigenvalue weighted by molar-refractivity contribution is -0.145. The smallest absolute Gasteiger partial charge is 0.309 e. The molecule has 0 aliphatic heterocycles. The number of benzene rings is 4. The molecule has 4 aromatic carbocycles. The number of carbonyl (C=O) groups is 2. The van der Waals surface area contributed by atoms with Gasteiger partial charge >= 0.3 is 11.9 Å². The molecule has 0 bridgehead atoms. The first-order valence-corrected chi connectivity index (χ1v) is 26.3. The molecule has 338 valence electrons. The summed E-state index contributed by atoms with van der Waals surface area (Å²) >= 11 is 19.2. The first kappa shape index (κ1) is 51.9. The summed E-state index contributed by atoms with van der Waals surface area (Å²) in [5, 5.41) is 8.14. The molecule has 0 aromatic heterocycles. The van der Waals surface area contributed by atoms with E-state index in [2.05, 4.69) is 10.6 Å². The van der Waals surface area contributed by atoms with Crippen LogP contribution in [-0.2, 0) is 19.1 Å².